The van der Waals surface area contributed by atoms with Crippen LogP contribution in [-0.4, -0.2) is 49.1 Å². The number of methoxy groups -OCH3 is 2. The highest BCUT2D eigenvalue weighted by molar-refractivity contribution is 7.92. The Hall–Kier alpha value is -2.83. The molecule has 2 N–H and O–H groups in total. The van der Waals surface area contributed by atoms with E-state index in [1.807, 2.05) is 0 Å². The van der Waals surface area contributed by atoms with Crippen LogP contribution in [0.1, 0.15) is 0 Å². The van der Waals surface area contributed by atoms with E-state index in [0.29, 0.717) is 5.75 Å². The van der Waals surface area contributed by atoms with Gasteiger partial charge >= 0.3 is 0 Å². The molecule has 160 valence electrons. The molecule has 30 heavy (non-hydrogen) atoms. The first-order chi connectivity index (χ1) is 14.1. The molecule has 0 radical (unpaired) electrons. The molecular weight excluding hydrogens is 458 g/mol. The molecule has 0 spiro atoms. The standard InChI is InChI=1S/C17H16ClN3O7S2/c1-27-14-7-15(28-2)13(6-11(14)18)21-17(22)8-29(23,24)10-3-4-12-16(5-10)30(25,26)20-9-19-12/h3-7,9H,8H2,1-2H3,(H,19,20)(H,21,22). The van der Waals surface area contributed by atoms with Crippen molar-refractivity contribution in [3.05, 3.63) is 35.4 Å². The van der Waals surface area contributed by atoms with Crippen LogP contribution in [0.5, 0.6) is 11.5 Å². The van der Waals surface area contributed by atoms with Gasteiger partial charge < -0.3 is 20.1 Å². The molecule has 2 aromatic rings. The summed E-state index contributed by atoms with van der Waals surface area (Å²) >= 11 is 6.04. The number of benzene rings is 2. The Kier molecular flexibility index (Phi) is 5.92. The molecule has 0 aromatic heterocycles. The number of sulfonamides is 1. The van der Waals surface area contributed by atoms with Gasteiger partial charge in [-0.05, 0) is 24.3 Å². The Morgan fingerprint density at radius 1 is 1.17 bits per heavy atom. The molecule has 0 saturated carbocycles. The molecular formula is C17H16ClN3O7S2. The highest BCUT2D eigenvalue weighted by atomic mass is 35.5. The van der Waals surface area contributed by atoms with E-state index in [2.05, 4.69) is 15.0 Å². The quantitative estimate of drug-likeness (QED) is 0.648. The number of hydrogen-bond donors (Lipinski definition) is 2. The maximum Gasteiger partial charge on any atom is 0.285 e. The topological polar surface area (TPSA) is 140 Å². The first kappa shape index (κ1) is 21.9. The molecule has 1 amide bonds. The average molecular weight is 474 g/mol. The Bertz CT molecular complexity index is 1260. The minimum atomic E-state index is -4.16. The van der Waals surface area contributed by atoms with Crippen LogP contribution in [0.25, 0.3) is 0 Å². The van der Waals surface area contributed by atoms with E-state index in [1.54, 1.807) is 0 Å². The van der Waals surface area contributed by atoms with Crippen LogP contribution in [0, 0.1) is 0 Å². The van der Waals surface area contributed by atoms with Crippen LogP contribution in [0.4, 0.5) is 11.4 Å². The molecule has 0 unspecified atom stereocenters. The molecule has 1 aliphatic heterocycles. The minimum absolute atomic E-state index is 0.148. The summed E-state index contributed by atoms with van der Waals surface area (Å²) in [7, 11) is -5.42. The van der Waals surface area contributed by atoms with E-state index >= 15 is 0 Å². The van der Waals surface area contributed by atoms with Crippen molar-refractivity contribution < 1.29 is 31.1 Å². The van der Waals surface area contributed by atoms with Crippen molar-refractivity contribution in [1.82, 2.24) is 0 Å². The third kappa shape index (κ3) is 4.35. The molecule has 0 atom stereocenters. The summed E-state index contributed by atoms with van der Waals surface area (Å²) in [6.07, 6.45) is 0.993. The Balaban J connectivity index is 1.85. The Morgan fingerprint density at radius 3 is 2.53 bits per heavy atom. The average Bonchev–Trinajstić information content (AvgIpc) is 2.67. The highest BCUT2D eigenvalue weighted by Gasteiger charge is 2.26. The number of carbonyl (C=O) groups excluding carboxylic acids is 1. The number of rotatable bonds is 6. The van der Waals surface area contributed by atoms with Crippen LogP contribution in [0.15, 0.2) is 44.5 Å². The van der Waals surface area contributed by atoms with Crippen LogP contribution in [0.2, 0.25) is 5.02 Å². The van der Waals surface area contributed by atoms with E-state index in [0.717, 1.165) is 12.4 Å². The van der Waals surface area contributed by atoms with E-state index in [1.165, 1.54) is 38.5 Å². The number of hydrogen-bond acceptors (Lipinski definition) is 8. The number of fused-ring (bicyclic) bond motifs is 1. The normalized spacial score (nSPS) is 14.4. The van der Waals surface area contributed by atoms with Crippen molar-refractivity contribution in [3.63, 3.8) is 0 Å². The van der Waals surface area contributed by atoms with Crippen LogP contribution in [-0.2, 0) is 24.7 Å². The maximum atomic E-state index is 12.7. The van der Waals surface area contributed by atoms with Gasteiger partial charge in [-0.25, -0.2) is 8.42 Å². The molecule has 0 bridgehead atoms. The zero-order valence-corrected chi connectivity index (χ0v) is 18.1. The molecule has 0 fully saturated rings. The van der Waals surface area contributed by atoms with E-state index < -0.39 is 31.5 Å². The summed E-state index contributed by atoms with van der Waals surface area (Å²) in [4.78, 5) is 11.7. The minimum Gasteiger partial charge on any atom is -0.495 e. The molecule has 3 rings (SSSR count). The predicted molar refractivity (Wildman–Crippen MR) is 111 cm³/mol. The summed E-state index contributed by atoms with van der Waals surface area (Å²) < 4.78 is 62.9. The number of nitrogens with one attached hydrogen (secondary N) is 2. The number of carbonyl (C=O) groups is 1. The molecule has 1 heterocycles. The monoisotopic (exact) mass is 473 g/mol. The zero-order chi connectivity index (χ0) is 22.1. The second-order valence-corrected chi connectivity index (χ2v) is 10.0. The number of amides is 1. The van der Waals surface area contributed by atoms with Gasteiger partial charge in [-0.3, -0.25) is 4.79 Å². The van der Waals surface area contributed by atoms with Gasteiger partial charge in [0, 0.05) is 6.07 Å². The fourth-order valence-corrected chi connectivity index (χ4v) is 5.11. The molecule has 0 aliphatic carbocycles. The lowest BCUT2D eigenvalue weighted by Crippen LogP contribution is -2.23. The second kappa shape index (κ2) is 8.13. The second-order valence-electron chi connectivity index (χ2n) is 6.01. The number of nitrogens with zero attached hydrogens (tertiary/aromatic N) is 1. The van der Waals surface area contributed by atoms with Gasteiger partial charge in [0.15, 0.2) is 9.84 Å². The van der Waals surface area contributed by atoms with Gasteiger partial charge in [0.2, 0.25) is 5.91 Å². The van der Waals surface area contributed by atoms with Crippen molar-refractivity contribution in [3.8, 4) is 11.5 Å². The fourth-order valence-electron chi connectivity index (χ4n) is 2.65. The highest BCUT2D eigenvalue weighted by Crippen LogP contribution is 2.36. The SMILES string of the molecule is COc1cc(OC)c(NC(=O)CS(=O)(=O)c2ccc3c(c2)S(=O)(=O)N=CN3)cc1Cl. The van der Waals surface area contributed by atoms with Crippen molar-refractivity contribution >= 4 is 55.1 Å². The van der Waals surface area contributed by atoms with Gasteiger partial charge in [0.1, 0.15) is 28.5 Å². The summed E-state index contributed by atoms with van der Waals surface area (Å²) in [5, 5.41) is 5.22. The molecule has 13 heteroatoms. The first-order valence-electron chi connectivity index (χ1n) is 8.21. The zero-order valence-electron chi connectivity index (χ0n) is 15.7. The largest absolute Gasteiger partial charge is 0.495 e. The number of sulfone groups is 1. The van der Waals surface area contributed by atoms with Gasteiger partial charge in [-0.15, -0.1) is 4.40 Å². The van der Waals surface area contributed by atoms with Crippen LogP contribution < -0.4 is 20.1 Å². The van der Waals surface area contributed by atoms with E-state index in [4.69, 9.17) is 21.1 Å². The van der Waals surface area contributed by atoms with E-state index in [9.17, 15) is 21.6 Å². The Morgan fingerprint density at radius 2 is 1.87 bits per heavy atom. The lowest BCUT2D eigenvalue weighted by molar-refractivity contribution is -0.113. The Labute approximate surface area is 177 Å². The number of ether oxygens (including phenoxy) is 2. The van der Waals surface area contributed by atoms with E-state index in [-0.39, 0.29) is 31.9 Å². The lowest BCUT2D eigenvalue weighted by atomic mass is 10.2. The fraction of sp³-hybridized carbons (Fsp3) is 0.176. The molecule has 2 aromatic carbocycles. The van der Waals surface area contributed by atoms with Crippen molar-refractivity contribution in [2.75, 3.05) is 30.6 Å². The van der Waals surface area contributed by atoms with Crippen molar-refractivity contribution in [1.29, 1.82) is 0 Å². The molecule has 10 nitrogen and oxygen atoms in total. The number of halogens is 1. The first-order valence-corrected chi connectivity index (χ1v) is 11.7. The summed E-state index contributed by atoms with van der Waals surface area (Å²) in [5.41, 5.74) is 0.334. The summed E-state index contributed by atoms with van der Waals surface area (Å²) in [6.45, 7) is 0. The molecule has 1 aliphatic rings. The molecule has 0 saturated heterocycles. The van der Waals surface area contributed by atoms with Crippen molar-refractivity contribution in [2.24, 2.45) is 4.40 Å². The lowest BCUT2D eigenvalue weighted by Gasteiger charge is -2.14. The predicted octanol–water partition coefficient (Wildman–Crippen LogP) is 1.91. The summed E-state index contributed by atoms with van der Waals surface area (Å²) in [5.74, 6) is -1.28. The van der Waals surface area contributed by atoms with Crippen molar-refractivity contribution in [2.45, 2.75) is 9.79 Å². The summed E-state index contributed by atoms with van der Waals surface area (Å²) in [6, 6.07) is 6.25. The van der Waals surface area contributed by atoms with Gasteiger partial charge in [-0.2, -0.15) is 8.42 Å². The van der Waals surface area contributed by atoms with Gasteiger partial charge in [0.25, 0.3) is 10.0 Å². The third-order valence-corrected chi connectivity index (χ3v) is 7.26. The van der Waals surface area contributed by atoms with Gasteiger partial charge in [-0.1, -0.05) is 11.6 Å². The maximum absolute atomic E-state index is 12.7. The third-order valence-electron chi connectivity index (χ3n) is 4.07. The van der Waals surface area contributed by atoms with Gasteiger partial charge in [0.05, 0.1) is 35.5 Å². The number of anilines is 2. The van der Waals surface area contributed by atoms with Crippen LogP contribution in [0.3, 0.4) is 0 Å². The smallest absolute Gasteiger partial charge is 0.285 e. The van der Waals surface area contributed by atoms with Crippen LogP contribution >= 0.6 is 11.6 Å².